The van der Waals surface area contributed by atoms with E-state index in [1.54, 1.807) is 36.7 Å². The Kier molecular flexibility index (Phi) is 2.72. The molecule has 0 bridgehead atoms. The highest BCUT2D eigenvalue weighted by Crippen LogP contribution is 2.21. The second kappa shape index (κ2) is 4.54. The lowest BCUT2D eigenvalue weighted by atomic mass is 10.1. The van der Waals surface area contributed by atoms with E-state index in [2.05, 4.69) is 10.1 Å². The predicted molar refractivity (Wildman–Crippen MR) is 68.8 cm³/mol. The molecule has 3 aromatic rings. The van der Waals surface area contributed by atoms with E-state index in [0.29, 0.717) is 17.0 Å². The molecule has 3 rings (SSSR count). The van der Waals surface area contributed by atoms with E-state index >= 15 is 0 Å². The summed E-state index contributed by atoms with van der Waals surface area (Å²) in [6.07, 6.45) is 3.17. The SMILES string of the molecule is O=C(O)c1cc(-c2ccc(-n3cc[nH]c3=O)cc2)on1. The largest absolute Gasteiger partial charge is 0.476 e. The van der Waals surface area contributed by atoms with Crippen LogP contribution in [0, 0.1) is 0 Å². The molecule has 2 aromatic heterocycles. The number of hydrogen-bond acceptors (Lipinski definition) is 4. The molecule has 0 aliphatic carbocycles. The lowest BCUT2D eigenvalue weighted by Crippen LogP contribution is -2.13. The highest BCUT2D eigenvalue weighted by molar-refractivity contribution is 5.86. The van der Waals surface area contributed by atoms with Gasteiger partial charge in [-0.3, -0.25) is 4.57 Å². The van der Waals surface area contributed by atoms with Crippen LogP contribution in [0.4, 0.5) is 0 Å². The van der Waals surface area contributed by atoms with Gasteiger partial charge in [0.05, 0.1) is 5.69 Å². The average Bonchev–Trinajstić information content (AvgIpc) is 3.07. The fourth-order valence-corrected chi connectivity index (χ4v) is 1.82. The zero-order valence-electron chi connectivity index (χ0n) is 10.1. The molecule has 0 saturated heterocycles. The highest BCUT2D eigenvalue weighted by atomic mass is 16.5. The first-order valence-electron chi connectivity index (χ1n) is 5.72. The summed E-state index contributed by atoms with van der Waals surface area (Å²) in [7, 11) is 0. The first-order chi connectivity index (χ1) is 9.65. The van der Waals surface area contributed by atoms with E-state index < -0.39 is 5.97 Å². The van der Waals surface area contributed by atoms with Gasteiger partial charge in [0.25, 0.3) is 0 Å². The van der Waals surface area contributed by atoms with Crippen LogP contribution in [0.1, 0.15) is 10.5 Å². The minimum absolute atomic E-state index is 0.147. The summed E-state index contributed by atoms with van der Waals surface area (Å²) in [4.78, 5) is 24.7. The molecule has 0 atom stereocenters. The van der Waals surface area contributed by atoms with Crippen molar-refractivity contribution in [3.63, 3.8) is 0 Å². The molecule has 100 valence electrons. The van der Waals surface area contributed by atoms with Crippen LogP contribution in [0.15, 0.2) is 52.0 Å². The van der Waals surface area contributed by atoms with Crippen molar-refractivity contribution in [2.24, 2.45) is 0 Å². The Morgan fingerprint density at radius 1 is 1.30 bits per heavy atom. The van der Waals surface area contributed by atoms with E-state index in [-0.39, 0.29) is 11.4 Å². The molecule has 0 unspecified atom stereocenters. The molecule has 0 amide bonds. The van der Waals surface area contributed by atoms with E-state index in [1.807, 2.05) is 0 Å². The molecule has 2 heterocycles. The fourth-order valence-electron chi connectivity index (χ4n) is 1.82. The van der Waals surface area contributed by atoms with Gasteiger partial charge >= 0.3 is 11.7 Å². The van der Waals surface area contributed by atoms with Crippen molar-refractivity contribution in [3.05, 3.63) is 58.9 Å². The standard InChI is InChI=1S/C13H9N3O4/c17-12(18)10-7-11(20-15-10)8-1-3-9(4-2-8)16-6-5-14-13(16)19/h1-7H,(H,14,19)(H,17,18). The minimum Gasteiger partial charge on any atom is -0.476 e. The van der Waals surface area contributed by atoms with Gasteiger partial charge in [-0.15, -0.1) is 0 Å². The molecule has 0 spiro atoms. The number of carbonyl (C=O) groups is 1. The number of aromatic carboxylic acids is 1. The predicted octanol–water partition coefficient (Wildman–Crippen LogP) is 1.52. The van der Waals surface area contributed by atoms with Crippen LogP contribution in [-0.2, 0) is 0 Å². The van der Waals surface area contributed by atoms with Crippen molar-refractivity contribution < 1.29 is 14.4 Å². The maximum absolute atomic E-state index is 11.5. The van der Waals surface area contributed by atoms with Crippen LogP contribution in [0.5, 0.6) is 0 Å². The van der Waals surface area contributed by atoms with Gasteiger partial charge in [-0.1, -0.05) is 5.16 Å². The summed E-state index contributed by atoms with van der Waals surface area (Å²) in [5, 5.41) is 12.2. The average molecular weight is 271 g/mol. The molecule has 0 fully saturated rings. The van der Waals surface area contributed by atoms with Crippen LogP contribution in [0.3, 0.4) is 0 Å². The summed E-state index contributed by atoms with van der Waals surface area (Å²) < 4.78 is 6.41. The molecule has 7 nitrogen and oxygen atoms in total. The Hall–Kier alpha value is -3.09. The van der Waals surface area contributed by atoms with Gasteiger partial charge in [0.15, 0.2) is 11.5 Å². The molecule has 20 heavy (non-hydrogen) atoms. The Morgan fingerprint density at radius 3 is 2.60 bits per heavy atom. The number of rotatable bonds is 3. The Morgan fingerprint density at radius 2 is 2.05 bits per heavy atom. The van der Waals surface area contributed by atoms with E-state index in [4.69, 9.17) is 9.63 Å². The summed E-state index contributed by atoms with van der Waals surface area (Å²) in [6.45, 7) is 0. The smallest absolute Gasteiger partial charge is 0.358 e. The molecular formula is C13H9N3O4. The normalized spacial score (nSPS) is 10.6. The Balaban J connectivity index is 1.95. The monoisotopic (exact) mass is 271 g/mol. The zero-order chi connectivity index (χ0) is 14.1. The van der Waals surface area contributed by atoms with Gasteiger partial charge in [0, 0.05) is 24.0 Å². The molecule has 0 radical (unpaired) electrons. The van der Waals surface area contributed by atoms with Crippen molar-refractivity contribution in [2.45, 2.75) is 0 Å². The third-order valence-corrected chi connectivity index (χ3v) is 2.81. The molecule has 0 aliphatic heterocycles. The number of H-pyrrole nitrogens is 1. The third kappa shape index (κ3) is 2.01. The van der Waals surface area contributed by atoms with E-state index in [1.165, 1.54) is 10.6 Å². The number of carboxylic acids is 1. The second-order valence-corrected chi connectivity index (χ2v) is 4.06. The number of nitrogens with one attached hydrogen (secondary N) is 1. The van der Waals surface area contributed by atoms with Crippen molar-refractivity contribution in [1.82, 2.24) is 14.7 Å². The molecule has 0 aliphatic rings. The van der Waals surface area contributed by atoms with Crippen LogP contribution >= 0.6 is 0 Å². The summed E-state index contributed by atoms with van der Waals surface area (Å²) in [6, 6.07) is 8.25. The maximum atomic E-state index is 11.5. The van der Waals surface area contributed by atoms with Gasteiger partial charge in [-0.25, -0.2) is 9.59 Å². The highest BCUT2D eigenvalue weighted by Gasteiger charge is 2.12. The first kappa shape index (κ1) is 12.0. The minimum atomic E-state index is -1.14. The van der Waals surface area contributed by atoms with Crippen LogP contribution < -0.4 is 5.69 Å². The van der Waals surface area contributed by atoms with Gasteiger partial charge in [-0.05, 0) is 24.3 Å². The second-order valence-electron chi connectivity index (χ2n) is 4.06. The lowest BCUT2D eigenvalue weighted by molar-refractivity contribution is 0.0686. The van der Waals surface area contributed by atoms with Crippen molar-refractivity contribution in [2.75, 3.05) is 0 Å². The number of hydrogen-bond donors (Lipinski definition) is 2. The number of benzene rings is 1. The molecule has 7 heteroatoms. The van der Waals surface area contributed by atoms with Crippen molar-refractivity contribution in [3.8, 4) is 17.0 Å². The first-order valence-corrected chi connectivity index (χ1v) is 5.72. The quantitative estimate of drug-likeness (QED) is 0.752. The maximum Gasteiger partial charge on any atom is 0.358 e. The van der Waals surface area contributed by atoms with E-state index in [9.17, 15) is 9.59 Å². The van der Waals surface area contributed by atoms with Gasteiger partial charge < -0.3 is 14.6 Å². The number of imidazole rings is 1. The molecule has 0 saturated carbocycles. The van der Waals surface area contributed by atoms with Gasteiger partial charge in [-0.2, -0.15) is 0 Å². The summed E-state index contributed by atoms with van der Waals surface area (Å²) in [5.41, 5.74) is 0.992. The molecule has 1 aromatic carbocycles. The number of nitrogens with zero attached hydrogens (tertiary/aromatic N) is 2. The number of carboxylic acid groups (broad SMARTS) is 1. The molecular weight excluding hydrogens is 262 g/mol. The number of aromatic nitrogens is 3. The number of aromatic amines is 1. The third-order valence-electron chi connectivity index (χ3n) is 2.81. The topological polar surface area (TPSA) is 101 Å². The van der Waals surface area contributed by atoms with Crippen molar-refractivity contribution >= 4 is 5.97 Å². The van der Waals surface area contributed by atoms with Gasteiger partial charge in [0.2, 0.25) is 0 Å². The van der Waals surface area contributed by atoms with E-state index in [0.717, 1.165) is 0 Å². The molecule has 2 N–H and O–H groups in total. The Labute approximate surface area is 112 Å². The summed E-state index contributed by atoms with van der Waals surface area (Å²) >= 11 is 0. The van der Waals surface area contributed by atoms with Crippen LogP contribution in [-0.4, -0.2) is 25.8 Å². The van der Waals surface area contributed by atoms with Crippen molar-refractivity contribution in [1.29, 1.82) is 0 Å². The summed E-state index contributed by atoms with van der Waals surface area (Å²) in [5.74, 6) is -0.786. The lowest BCUT2D eigenvalue weighted by Gasteiger charge is -2.01. The van der Waals surface area contributed by atoms with Crippen LogP contribution in [0.2, 0.25) is 0 Å². The fraction of sp³-hybridized carbons (Fsp3) is 0. The van der Waals surface area contributed by atoms with Gasteiger partial charge in [0.1, 0.15) is 0 Å². The van der Waals surface area contributed by atoms with Crippen LogP contribution in [0.25, 0.3) is 17.0 Å². The zero-order valence-corrected chi connectivity index (χ0v) is 10.1. The Bertz CT molecular complexity index is 811.